The van der Waals surface area contributed by atoms with Gasteiger partial charge in [0.25, 0.3) is 5.91 Å². The predicted molar refractivity (Wildman–Crippen MR) is 122 cm³/mol. The molecule has 2 heterocycles. The fourth-order valence-corrected chi connectivity index (χ4v) is 6.32. The maximum Gasteiger partial charge on any atom is 0.254 e. The fraction of sp³-hybridized carbons (Fsp3) is 0.522. The molecule has 7 heteroatoms. The predicted octanol–water partition coefficient (Wildman–Crippen LogP) is 4.85. The quantitative estimate of drug-likeness (QED) is 0.487. The van der Waals surface area contributed by atoms with Crippen molar-refractivity contribution in [1.29, 1.82) is 0 Å². The van der Waals surface area contributed by atoms with Gasteiger partial charge < -0.3 is 9.64 Å². The first-order valence-electron chi connectivity index (χ1n) is 10.7. The van der Waals surface area contributed by atoms with Crippen LogP contribution in [0.15, 0.2) is 35.7 Å². The maximum atomic E-state index is 13.3. The van der Waals surface area contributed by atoms with E-state index in [1.54, 1.807) is 28.4 Å². The molecule has 1 aromatic heterocycles. The molecule has 1 amide bonds. The second kappa shape index (κ2) is 10.4. The molecule has 1 aliphatic heterocycles. The van der Waals surface area contributed by atoms with Crippen LogP contribution < -0.4 is 4.74 Å². The fourth-order valence-electron chi connectivity index (χ4n) is 3.69. The van der Waals surface area contributed by atoms with Gasteiger partial charge in [-0.2, -0.15) is 0 Å². The highest BCUT2D eigenvalue weighted by Gasteiger charge is 2.35. The molecule has 0 N–H and O–H groups in total. The first kappa shape index (κ1) is 22.8. The number of carbonyl (C=O) groups excluding carboxylic acids is 1. The molecule has 1 aliphatic rings. The van der Waals surface area contributed by atoms with E-state index in [1.165, 1.54) is 12.8 Å². The van der Waals surface area contributed by atoms with Gasteiger partial charge in [0.15, 0.2) is 9.84 Å². The number of sulfone groups is 1. The van der Waals surface area contributed by atoms with Crippen molar-refractivity contribution in [3.05, 3.63) is 51.7 Å². The number of benzene rings is 1. The number of nitrogens with zero attached hydrogens (tertiary/aromatic N) is 1. The van der Waals surface area contributed by atoms with Crippen LogP contribution in [0.5, 0.6) is 5.75 Å². The summed E-state index contributed by atoms with van der Waals surface area (Å²) >= 11 is 1.60. The summed E-state index contributed by atoms with van der Waals surface area (Å²) in [5, 5.41) is 2.01. The Morgan fingerprint density at radius 2 is 1.93 bits per heavy atom. The Hall–Kier alpha value is -1.86. The minimum absolute atomic E-state index is 0.0438. The van der Waals surface area contributed by atoms with Gasteiger partial charge in [0.2, 0.25) is 0 Å². The van der Waals surface area contributed by atoms with Crippen LogP contribution in [0.4, 0.5) is 0 Å². The number of ether oxygens (including phenoxy) is 1. The molecule has 0 spiro atoms. The highest BCUT2D eigenvalue weighted by atomic mass is 32.2. The number of rotatable bonds is 10. The van der Waals surface area contributed by atoms with E-state index in [4.69, 9.17) is 4.74 Å². The van der Waals surface area contributed by atoms with Crippen molar-refractivity contribution in [2.45, 2.75) is 58.5 Å². The summed E-state index contributed by atoms with van der Waals surface area (Å²) in [5.74, 6) is 0.823. The number of hydrogen-bond donors (Lipinski definition) is 0. The molecule has 0 saturated carbocycles. The first-order chi connectivity index (χ1) is 14.4. The second-order valence-corrected chi connectivity index (χ2v) is 11.2. The Balaban J connectivity index is 1.70. The molecule has 1 saturated heterocycles. The molecule has 5 nitrogen and oxygen atoms in total. The maximum absolute atomic E-state index is 13.3. The van der Waals surface area contributed by atoms with Crippen LogP contribution in [0, 0.1) is 6.92 Å². The highest BCUT2D eigenvalue weighted by molar-refractivity contribution is 7.91. The number of hydrogen-bond acceptors (Lipinski definition) is 5. The average Bonchev–Trinajstić information content (AvgIpc) is 3.30. The van der Waals surface area contributed by atoms with Crippen molar-refractivity contribution in [1.82, 2.24) is 4.90 Å². The van der Waals surface area contributed by atoms with E-state index in [1.807, 2.05) is 30.5 Å². The van der Waals surface area contributed by atoms with Crippen molar-refractivity contribution in [3.8, 4) is 5.75 Å². The van der Waals surface area contributed by atoms with E-state index < -0.39 is 9.84 Å². The molecule has 30 heavy (non-hydrogen) atoms. The molecule has 2 aromatic rings. The number of thiophene rings is 1. The van der Waals surface area contributed by atoms with Gasteiger partial charge in [-0.1, -0.05) is 26.2 Å². The normalized spacial score (nSPS) is 17.7. The molecule has 1 atom stereocenters. The number of aryl methyl sites for hydroxylation is 1. The number of unbranched alkanes of at least 4 members (excludes halogenated alkanes) is 3. The molecule has 0 bridgehead atoms. The second-order valence-electron chi connectivity index (χ2n) is 7.95. The standard InChI is InChI=1S/C23H31NO4S2/c1-3-4-5-6-13-28-21-9-7-19(8-10-21)23(25)24(16-22-18(2)11-14-29-22)20-12-15-30(26,27)17-20/h7-11,14,20H,3-6,12-13,15-17H2,1-2H3/t20-/m0/s1. The lowest BCUT2D eigenvalue weighted by atomic mass is 10.1. The minimum atomic E-state index is -3.08. The molecule has 0 aliphatic carbocycles. The number of carbonyl (C=O) groups is 1. The van der Waals surface area contributed by atoms with Crippen LogP contribution in [0.25, 0.3) is 0 Å². The van der Waals surface area contributed by atoms with Crippen LogP contribution >= 0.6 is 11.3 Å². The molecule has 0 radical (unpaired) electrons. The van der Waals surface area contributed by atoms with Gasteiger partial charge in [0, 0.05) is 16.5 Å². The molecule has 1 fully saturated rings. The Kier molecular flexibility index (Phi) is 7.94. The van der Waals surface area contributed by atoms with Gasteiger partial charge in [-0.05, 0) is 61.0 Å². The molecule has 164 valence electrons. The monoisotopic (exact) mass is 449 g/mol. The molecule has 1 aromatic carbocycles. The SMILES string of the molecule is CCCCCCOc1ccc(C(=O)N(Cc2sccc2C)[C@H]2CCS(=O)(=O)C2)cc1. The minimum Gasteiger partial charge on any atom is -0.494 e. The Morgan fingerprint density at radius 3 is 2.53 bits per heavy atom. The Bertz CT molecular complexity index is 934. The smallest absolute Gasteiger partial charge is 0.254 e. The van der Waals surface area contributed by atoms with Gasteiger partial charge in [0.1, 0.15) is 5.75 Å². The van der Waals surface area contributed by atoms with Gasteiger partial charge in [-0.25, -0.2) is 8.42 Å². The largest absolute Gasteiger partial charge is 0.494 e. The van der Waals surface area contributed by atoms with Crippen LogP contribution in [0.3, 0.4) is 0 Å². The molecular formula is C23H31NO4S2. The summed E-state index contributed by atoms with van der Waals surface area (Å²) in [5.41, 5.74) is 1.69. The van der Waals surface area contributed by atoms with Crippen molar-refractivity contribution >= 4 is 27.1 Å². The van der Waals surface area contributed by atoms with Crippen molar-refractivity contribution < 1.29 is 17.9 Å². The third-order valence-electron chi connectivity index (χ3n) is 5.56. The summed E-state index contributed by atoms with van der Waals surface area (Å²) < 4.78 is 29.8. The third-order valence-corrected chi connectivity index (χ3v) is 8.32. The van der Waals surface area contributed by atoms with E-state index in [2.05, 4.69) is 6.92 Å². The van der Waals surface area contributed by atoms with Gasteiger partial charge in [0.05, 0.1) is 24.7 Å². The summed E-state index contributed by atoms with van der Waals surface area (Å²) in [7, 11) is -3.08. The van der Waals surface area contributed by atoms with Crippen molar-refractivity contribution in [2.75, 3.05) is 18.1 Å². The number of amides is 1. The van der Waals surface area contributed by atoms with E-state index in [0.717, 1.165) is 29.0 Å². The zero-order valence-corrected chi connectivity index (χ0v) is 19.4. The van der Waals surface area contributed by atoms with Gasteiger partial charge in [-0.3, -0.25) is 4.79 Å². The van der Waals surface area contributed by atoms with Crippen molar-refractivity contribution in [3.63, 3.8) is 0 Å². The van der Waals surface area contributed by atoms with E-state index in [9.17, 15) is 13.2 Å². The Labute approximate surface area is 184 Å². The summed E-state index contributed by atoms with van der Waals surface area (Å²) in [6.45, 7) is 5.32. The summed E-state index contributed by atoms with van der Waals surface area (Å²) in [6.07, 6.45) is 5.10. The van der Waals surface area contributed by atoms with E-state index >= 15 is 0 Å². The van der Waals surface area contributed by atoms with Crippen LogP contribution in [-0.4, -0.2) is 43.4 Å². The molecule has 0 unspecified atom stereocenters. The lowest BCUT2D eigenvalue weighted by Gasteiger charge is -2.28. The van der Waals surface area contributed by atoms with E-state index in [-0.39, 0.29) is 23.5 Å². The van der Waals surface area contributed by atoms with Crippen LogP contribution in [-0.2, 0) is 16.4 Å². The van der Waals surface area contributed by atoms with Gasteiger partial charge >= 0.3 is 0 Å². The summed E-state index contributed by atoms with van der Waals surface area (Å²) in [6, 6.07) is 8.96. The zero-order valence-electron chi connectivity index (χ0n) is 17.8. The van der Waals surface area contributed by atoms with Gasteiger partial charge in [-0.15, -0.1) is 11.3 Å². The molecular weight excluding hydrogens is 418 g/mol. The van der Waals surface area contributed by atoms with Crippen molar-refractivity contribution in [2.24, 2.45) is 0 Å². The Morgan fingerprint density at radius 1 is 1.17 bits per heavy atom. The zero-order chi connectivity index (χ0) is 21.6. The van der Waals surface area contributed by atoms with Crippen LogP contribution in [0.1, 0.15) is 59.8 Å². The topological polar surface area (TPSA) is 63.7 Å². The van der Waals surface area contributed by atoms with Crippen LogP contribution in [0.2, 0.25) is 0 Å². The lowest BCUT2D eigenvalue weighted by Crippen LogP contribution is -2.40. The van der Waals surface area contributed by atoms with E-state index in [0.29, 0.717) is 25.1 Å². The summed E-state index contributed by atoms with van der Waals surface area (Å²) in [4.78, 5) is 16.2. The lowest BCUT2D eigenvalue weighted by molar-refractivity contribution is 0.0683. The first-order valence-corrected chi connectivity index (χ1v) is 13.4. The molecule has 3 rings (SSSR count). The average molecular weight is 450 g/mol. The highest BCUT2D eigenvalue weighted by Crippen LogP contribution is 2.26. The third kappa shape index (κ3) is 6.08.